The predicted octanol–water partition coefficient (Wildman–Crippen LogP) is 7.64. The van der Waals surface area contributed by atoms with E-state index < -0.39 is 0 Å². The molecule has 4 rings (SSSR count). The van der Waals surface area contributed by atoms with E-state index in [1.54, 1.807) is 0 Å². The normalized spacial score (nSPS) is 10.7. The standard InChI is InChI=1S/C34H37BN2O2/c1-7-25-8-12-27(13-9-25)33(38)36-31-21(2)16-29(17-22(31)3)30-18-23(4)32(24(5)19-30)37-34(39)28-14-10-26(11-15-28)20-35-6/h8-19,35H,7,20H2,1-6H3,(H,36,38)(H,37,39). The van der Waals surface area contributed by atoms with Gasteiger partial charge in [-0.3, -0.25) is 9.59 Å². The quantitative estimate of drug-likeness (QED) is 0.237. The van der Waals surface area contributed by atoms with Crippen molar-refractivity contribution in [1.82, 2.24) is 0 Å². The van der Waals surface area contributed by atoms with Crippen molar-refractivity contribution in [3.05, 3.63) is 117 Å². The van der Waals surface area contributed by atoms with E-state index in [-0.39, 0.29) is 11.8 Å². The van der Waals surface area contributed by atoms with E-state index in [1.807, 2.05) is 76.2 Å². The zero-order valence-electron chi connectivity index (χ0n) is 23.9. The van der Waals surface area contributed by atoms with Gasteiger partial charge in [0.15, 0.2) is 0 Å². The summed E-state index contributed by atoms with van der Waals surface area (Å²) >= 11 is 0. The predicted molar refractivity (Wildman–Crippen MR) is 166 cm³/mol. The number of benzene rings is 4. The summed E-state index contributed by atoms with van der Waals surface area (Å²) in [4.78, 5) is 25.8. The van der Waals surface area contributed by atoms with Crippen LogP contribution in [-0.2, 0) is 12.7 Å². The van der Waals surface area contributed by atoms with Crippen molar-refractivity contribution >= 4 is 30.5 Å². The fourth-order valence-corrected chi connectivity index (χ4v) is 5.03. The lowest BCUT2D eigenvalue weighted by Gasteiger charge is -2.17. The maximum Gasteiger partial charge on any atom is 0.255 e. The van der Waals surface area contributed by atoms with E-state index >= 15 is 0 Å². The van der Waals surface area contributed by atoms with Gasteiger partial charge in [-0.25, -0.2) is 0 Å². The van der Waals surface area contributed by atoms with Gasteiger partial charge >= 0.3 is 0 Å². The number of aryl methyl sites for hydroxylation is 5. The number of amides is 2. The van der Waals surface area contributed by atoms with Crippen molar-refractivity contribution in [2.45, 2.75) is 54.2 Å². The SMILES string of the molecule is CBCc1ccc(C(=O)Nc2c(C)cc(-c3cc(C)c(NC(=O)c4ccc(CC)cc4)c(C)c3)cc2C)cc1. The highest BCUT2D eigenvalue weighted by Gasteiger charge is 2.15. The second-order valence-electron chi connectivity index (χ2n) is 10.4. The number of carbonyl (C=O) groups is 2. The van der Waals surface area contributed by atoms with Gasteiger partial charge in [-0.15, -0.1) is 0 Å². The summed E-state index contributed by atoms with van der Waals surface area (Å²) in [6.07, 6.45) is 1.96. The largest absolute Gasteiger partial charge is 0.322 e. The Morgan fingerprint density at radius 2 is 0.974 bits per heavy atom. The first-order valence-electron chi connectivity index (χ1n) is 13.7. The van der Waals surface area contributed by atoms with Gasteiger partial charge in [0.1, 0.15) is 7.28 Å². The number of nitrogens with one attached hydrogen (secondary N) is 2. The molecule has 4 nitrogen and oxygen atoms in total. The van der Waals surface area contributed by atoms with Crippen LogP contribution in [0.3, 0.4) is 0 Å². The zero-order chi connectivity index (χ0) is 28.1. The van der Waals surface area contributed by atoms with Crippen LogP contribution in [0.25, 0.3) is 11.1 Å². The van der Waals surface area contributed by atoms with Gasteiger partial charge in [0.2, 0.25) is 0 Å². The lowest BCUT2D eigenvalue weighted by Crippen LogP contribution is -2.14. The first-order valence-corrected chi connectivity index (χ1v) is 13.7. The number of anilines is 2. The van der Waals surface area contributed by atoms with Gasteiger partial charge in [-0.05, 0) is 122 Å². The Hall–Kier alpha value is -4.12. The van der Waals surface area contributed by atoms with Crippen LogP contribution in [0.2, 0.25) is 6.82 Å². The Labute approximate surface area is 233 Å². The molecule has 0 aromatic heterocycles. The van der Waals surface area contributed by atoms with E-state index in [1.165, 1.54) is 11.1 Å². The molecule has 0 aliphatic rings. The number of carbonyl (C=O) groups excluding carboxylic acids is 2. The molecule has 4 aromatic carbocycles. The smallest absolute Gasteiger partial charge is 0.255 e. The monoisotopic (exact) mass is 516 g/mol. The Bertz CT molecular complexity index is 1460. The summed E-state index contributed by atoms with van der Waals surface area (Å²) < 4.78 is 0. The molecule has 0 fully saturated rings. The molecule has 0 radical (unpaired) electrons. The van der Waals surface area contributed by atoms with Crippen LogP contribution >= 0.6 is 0 Å². The molecule has 5 heteroatoms. The first kappa shape index (κ1) is 27.9. The van der Waals surface area contributed by atoms with E-state index in [0.29, 0.717) is 11.1 Å². The Kier molecular flexibility index (Phi) is 8.70. The summed E-state index contributed by atoms with van der Waals surface area (Å²) in [6.45, 7) is 12.3. The van der Waals surface area contributed by atoms with Gasteiger partial charge in [-0.1, -0.05) is 49.9 Å². The van der Waals surface area contributed by atoms with E-state index in [4.69, 9.17) is 0 Å². The molecule has 198 valence electrons. The van der Waals surface area contributed by atoms with Gasteiger partial charge in [-0.2, -0.15) is 0 Å². The molecule has 39 heavy (non-hydrogen) atoms. The highest BCUT2D eigenvalue weighted by atomic mass is 16.2. The molecule has 2 N–H and O–H groups in total. The summed E-state index contributed by atoms with van der Waals surface area (Å²) in [5, 5.41) is 6.22. The maximum atomic E-state index is 12.9. The topological polar surface area (TPSA) is 58.2 Å². The molecule has 0 bridgehead atoms. The fraction of sp³-hybridized carbons (Fsp3) is 0.235. The number of hydrogen-bond donors (Lipinski definition) is 2. The first-order chi connectivity index (χ1) is 18.7. The minimum atomic E-state index is -0.108. The number of rotatable bonds is 8. The van der Waals surface area contributed by atoms with Crippen molar-refractivity contribution in [3.8, 4) is 11.1 Å². The van der Waals surface area contributed by atoms with Crippen molar-refractivity contribution in [2.24, 2.45) is 0 Å². The third kappa shape index (κ3) is 6.48. The fourth-order valence-electron chi connectivity index (χ4n) is 5.03. The molecule has 0 aliphatic heterocycles. The third-order valence-electron chi connectivity index (χ3n) is 7.25. The molecular weight excluding hydrogens is 479 g/mol. The second-order valence-corrected chi connectivity index (χ2v) is 10.4. The van der Waals surface area contributed by atoms with Gasteiger partial charge in [0.25, 0.3) is 11.8 Å². The Morgan fingerprint density at radius 1 is 0.615 bits per heavy atom. The van der Waals surface area contributed by atoms with Crippen molar-refractivity contribution in [1.29, 1.82) is 0 Å². The van der Waals surface area contributed by atoms with Crippen LogP contribution in [0.1, 0.15) is 61.0 Å². The lowest BCUT2D eigenvalue weighted by atomic mass is 9.75. The zero-order valence-corrected chi connectivity index (χ0v) is 23.9. The van der Waals surface area contributed by atoms with Gasteiger partial charge in [0, 0.05) is 22.5 Å². The highest BCUT2D eigenvalue weighted by Crippen LogP contribution is 2.33. The van der Waals surface area contributed by atoms with Crippen LogP contribution in [0, 0.1) is 27.7 Å². The van der Waals surface area contributed by atoms with Crippen molar-refractivity contribution in [3.63, 3.8) is 0 Å². The molecule has 0 saturated carbocycles. The van der Waals surface area contributed by atoms with Crippen LogP contribution in [0.5, 0.6) is 0 Å². The molecule has 0 heterocycles. The summed E-state index contributed by atoms with van der Waals surface area (Å²) in [5.41, 5.74) is 11.6. The van der Waals surface area contributed by atoms with Crippen molar-refractivity contribution in [2.75, 3.05) is 10.6 Å². The molecular formula is C34H37BN2O2. The van der Waals surface area contributed by atoms with Crippen LogP contribution in [0.15, 0.2) is 72.8 Å². The van der Waals surface area contributed by atoms with Gasteiger partial charge < -0.3 is 10.6 Å². The van der Waals surface area contributed by atoms with Crippen LogP contribution < -0.4 is 10.6 Å². The molecule has 0 aliphatic carbocycles. The molecule has 0 atom stereocenters. The average Bonchev–Trinajstić information content (AvgIpc) is 2.93. The van der Waals surface area contributed by atoms with E-state index in [9.17, 15) is 9.59 Å². The highest BCUT2D eigenvalue weighted by molar-refractivity contribution is 6.32. The third-order valence-corrected chi connectivity index (χ3v) is 7.25. The molecule has 4 aromatic rings. The van der Waals surface area contributed by atoms with Crippen molar-refractivity contribution < 1.29 is 9.59 Å². The maximum absolute atomic E-state index is 12.9. The molecule has 0 spiro atoms. The number of hydrogen-bond acceptors (Lipinski definition) is 2. The van der Waals surface area contributed by atoms with Gasteiger partial charge in [0.05, 0.1) is 0 Å². The minimum absolute atomic E-state index is 0.104. The Morgan fingerprint density at radius 3 is 1.31 bits per heavy atom. The van der Waals surface area contributed by atoms with Crippen LogP contribution in [-0.4, -0.2) is 19.1 Å². The molecule has 0 saturated heterocycles. The lowest BCUT2D eigenvalue weighted by molar-refractivity contribution is 0.101. The van der Waals surface area contributed by atoms with E-state index in [0.717, 1.165) is 64.8 Å². The molecule has 2 amide bonds. The average molecular weight is 516 g/mol. The molecule has 0 unspecified atom stereocenters. The Balaban J connectivity index is 1.53. The van der Waals surface area contributed by atoms with Crippen LogP contribution in [0.4, 0.5) is 11.4 Å². The summed E-state index contributed by atoms with van der Waals surface area (Å²) in [5.74, 6) is -0.212. The summed E-state index contributed by atoms with van der Waals surface area (Å²) in [6, 6.07) is 24.0. The summed E-state index contributed by atoms with van der Waals surface area (Å²) in [7, 11) is 1.08. The second kappa shape index (κ2) is 12.2. The van der Waals surface area contributed by atoms with E-state index in [2.05, 4.69) is 48.6 Å². The minimum Gasteiger partial charge on any atom is -0.322 e.